The first kappa shape index (κ1) is 13.8. The summed E-state index contributed by atoms with van der Waals surface area (Å²) < 4.78 is 19.4. The summed E-state index contributed by atoms with van der Waals surface area (Å²) in [5.74, 6) is -0.166. The molecule has 0 amide bonds. The topological polar surface area (TPSA) is 38.7 Å². The van der Waals surface area contributed by atoms with Gasteiger partial charge in [0.05, 0.1) is 11.6 Å². The summed E-state index contributed by atoms with van der Waals surface area (Å²) in [4.78, 5) is 14.6. The second-order valence-corrected chi connectivity index (χ2v) is 5.25. The van der Waals surface area contributed by atoms with Gasteiger partial charge in [0.1, 0.15) is 0 Å². The van der Waals surface area contributed by atoms with Gasteiger partial charge in [-0.2, -0.15) is 4.99 Å². The zero-order chi connectivity index (χ0) is 13.9. The minimum atomic E-state index is -0.584. The Balaban J connectivity index is 2.35. The average molecular weight is 263 g/mol. The van der Waals surface area contributed by atoms with Crippen molar-refractivity contribution in [1.82, 2.24) is 0 Å². The Kier molecular flexibility index (Phi) is 4.01. The van der Waals surface area contributed by atoms with Gasteiger partial charge in [-0.1, -0.05) is 18.9 Å². The SMILES string of the molecule is CC(C)Oc1ccc(C2(N=C=O)CCCC2)cc1F. The minimum Gasteiger partial charge on any atom is -0.488 e. The molecule has 1 aliphatic carbocycles. The number of ether oxygens (including phenoxy) is 1. The normalized spacial score (nSPS) is 17.3. The summed E-state index contributed by atoms with van der Waals surface area (Å²) in [7, 11) is 0. The van der Waals surface area contributed by atoms with Crippen molar-refractivity contribution in [2.75, 3.05) is 0 Å². The largest absolute Gasteiger partial charge is 0.488 e. The molecule has 1 aromatic rings. The molecule has 4 heteroatoms. The fourth-order valence-corrected chi connectivity index (χ4v) is 2.65. The van der Waals surface area contributed by atoms with Gasteiger partial charge in [0.15, 0.2) is 11.6 Å². The Hall–Kier alpha value is -1.67. The molecular weight excluding hydrogens is 245 g/mol. The highest BCUT2D eigenvalue weighted by molar-refractivity contribution is 5.40. The third kappa shape index (κ3) is 2.85. The van der Waals surface area contributed by atoms with E-state index in [-0.39, 0.29) is 11.9 Å². The lowest BCUT2D eigenvalue weighted by molar-refractivity contribution is 0.231. The fourth-order valence-electron chi connectivity index (χ4n) is 2.65. The summed E-state index contributed by atoms with van der Waals surface area (Å²) in [6, 6.07) is 4.85. The van der Waals surface area contributed by atoms with E-state index in [0.29, 0.717) is 0 Å². The predicted octanol–water partition coefficient (Wildman–Crippen LogP) is 3.72. The van der Waals surface area contributed by atoms with Crippen molar-refractivity contribution in [3.05, 3.63) is 29.6 Å². The molecule has 1 saturated carbocycles. The highest BCUT2D eigenvalue weighted by atomic mass is 19.1. The number of isocyanates is 1. The van der Waals surface area contributed by atoms with Crippen LogP contribution in [0.3, 0.4) is 0 Å². The first-order chi connectivity index (χ1) is 9.07. The maximum atomic E-state index is 14.0. The predicted molar refractivity (Wildman–Crippen MR) is 70.4 cm³/mol. The van der Waals surface area contributed by atoms with Crippen molar-refractivity contribution in [3.63, 3.8) is 0 Å². The first-order valence-corrected chi connectivity index (χ1v) is 6.63. The highest BCUT2D eigenvalue weighted by Crippen LogP contribution is 2.42. The Morgan fingerprint density at radius 3 is 2.58 bits per heavy atom. The molecule has 0 atom stereocenters. The molecule has 0 saturated heterocycles. The van der Waals surface area contributed by atoms with Crippen molar-refractivity contribution < 1.29 is 13.9 Å². The van der Waals surface area contributed by atoms with Crippen LogP contribution in [0.2, 0.25) is 0 Å². The van der Waals surface area contributed by atoms with Crippen LogP contribution in [0, 0.1) is 5.82 Å². The average Bonchev–Trinajstić information content (AvgIpc) is 2.81. The molecule has 2 rings (SSSR count). The van der Waals surface area contributed by atoms with Crippen LogP contribution in [0.25, 0.3) is 0 Å². The van der Waals surface area contributed by atoms with Gasteiger partial charge >= 0.3 is 0 Å². The zero-order valence-electron chi connectivity index (χ0n) is 11.3. The van der Waals surface area contributed by atoms with Crippen LogP contribution in [0.5, 0.6) is 5.75 Å². The molecule has 1 aliphatic rings. The number of benzene rings is 1. The van der Waals surface area contributed by atoms with E-state index in [1.165, 1.54) is 6.07 Å². The molecule has 0 aromatic heterocycles. The first-order valence-electron chi connectivity index (χ1n) is 6.63. The number of halogens is 1. The fraction of sp³-hybridized carbons (Fsp3) is 0.533. The van der Waals surface area contributed by atoms with Crippen LogP contribution in [-0.2, 0) is 10.3 Å². The number of hydrogen-bond acceptors (Lipinski definition) is 3. The summed E-state index contributed by atoms with van der Waals surface area (Å²) in [5.41, 5.74) is 0.154. The Labute approximate surface area is 112 Å². The Morgan fingerprint density at radius 2 is 2.05 bits per heavy atom. The van der Waals surface area contributed by atoms with Crippen LogP contribution in [0.15, 0.2) is 23.2 Å². The number of aliphatic imine (C=N–C) groups is 1. The van der Waals surface area contributed by atoms with Gasteiger partial charge in [0, 0.05) is 0 Å². The second-order valence-electron chi connectivity index (χ2n) is 5.25. The van der Waals surface area contributed by atoms with Crippen LogP contribution >= 0.6 is 0 Å². The van der Waals surface area contributed by atoms with E-state index in [0.717, 1.165) is 31.2 Å². The summed E-state index contributed by atoms with van der Waals surface area (Å²) in [6.45, 7) is 3.70. The maximum absolute atomic E-state index is 14.0. The lowest BCUT2D eigenvalue weighted by Gasteiger charge is -2.23. The van der Waals surface area contributed by atoms with Gasteiger partial charge in [-0.15, -0.1) is 0 Å². The van der Waals surface area contributed by atoms with Crippen molar-refractivity contribution in [2.24, 2.45) is 4.99 Å². The lowest BCUT2D eigenvalue weighted by atomic mass is 9.89. The van der Waals surface area contributed by atoms with E-state index in [1.54, 1.807) is 18.2 Å². The van der Waals surface area contributed by atoms with Gasteiger partial charge in [0.2, 0.25) is 6.08 Å². The third-order valence-electron chi connectivity index (χ3n) is 3.52. The van der Waals surface area contributed by atoms with Crippen LogP contribution in [0.1, 0.15) is 45.1 Å². The second kappa shape index (κ2) is 5.54. The van der Waals surface area contributed by atoms with Crippen molar-refractivity contribution in [1.29, 1.82) is 0 Å². The molecule has 1 aromatic carbocycles. The third-order valence-corrected chi connectivity index (χ3v) is 3.52. The quantitative estimate of drug-likeness (QED) is 0.613. The molecule has 0 unspecified atom stereocenters. The monoisotopic (exact) mass is 263 g/mol. The molecule has 0 N–H and O–H groups in total. The van der Waals surface area contributed by atoms with E-state index in [2.05, 4.69) is 4.99 Å². The van der Waals surface area contributed by atoms with E-state index in [4.69, 9.17) is 4.74 Å². The van der Waals surface area contributed by atoms with Crippen molar-refractivity contribution in [2.45, 2.75) is 51.2 Å². The van der Waals surface area contributed by atoms with Crippen LogP contribution < -0.4 is 4.74 Å². The molecule has 0 bridgehead atoms. The molecule has 0 spiro atoms. The van der Waals surface area contributed by atoms with Gasteiger partial charge in [-0.05, 0) is 44.4 Å². The molecule has 19 heavy (non-hydrogen) atoms. The van der Waals surface area contributed by atoms with E-state index >= 15 is 0 Å². The summed E-state index contributed by atoms with van der Waals surface area (Å²) in [5, 5.41) is 0. The highest BCUT2D eigenvalue weighted by Gasteiger charge is 2.36. The minimum absolute atomic E-state index is 0.0752. The Morgan fingerprint density at radius 1 is 1.37 bits per heavy atom. The lowest BCUT2D eigenvalue weighted by Crippen LogP contribution is -2.19. The molecule has 102 valence electrons. The van der Waals surface area contributed by atoms with Crippen molar-refractivity contribution in [3.8, 4) is 5.75 Å². The smallest absolute Gasteiger partial charge is 0.235 e. The van der Waals surface area contributed by atoms with Gasteiger partial charge in [0.25, 0.3) is 0 Å². The molecule has 0 heterocycles. The summed E-state index contributed by atoms with van der Waals surface area (Å²) in [6.07, 6.45) is 5.10. The standard InChI is InChI=1S/C15H18FNO2/c1-11(2)19-14-6-5-12(9-13(14)16)15(17-10-18)7-3-4-8-15/h5-6,9,11H,3-4,7-8H2,1-2H3. The maximum Gasteiger partial charge on any atom is 0.235 e. The zero-order valence-corrected chi connectivity index (χ0v) is 11.3. The molecule has 0 radical (unpaired) electrons. The van der Waals surface area contributed by atoms with Crippen LogP contribution in [-0.4, -0.2) is 12.2 Å². The van der Waals surface area contributed by atoms with Crippen molar-refractivity contribution >= 4 is 6.08 Å². The molecule has 3 nitrogen and oxygen atoms in total. The number of nitrogens with zero attached hydrogens (tertiary/aromatic N) is 1. The number of hydrogen-bond donors (Lipinski definition) is 0. The van der Waals surface area contributed by atoms with Gasteiger partial charge in [-0.25, -0.2) is 9.18 Å². The van der Waals surface area contributed by atoms with Gasteiger partial charge < -0.3 is 4.74 Å². The van der Waals surface area contributed by atoms with E-state index < -0.39 is 11.4 Å². The molecular formula is C15H18FNO2. The van der Waals surface area contributed by atoms with Gasteiger partial charge in [-0.3, -0.25) is 0 Å². The molecule has 0 aliphatic heterocycles. The number of rotatable bonds is 4. The van der Waals surface area contributed by atoms with E-state index in [1.807, 2.05) is 13.8 Å². The number of carbonyl (C=O) groups excluding carboxylic acids is 1. The molecule has 1 fully saturated rings. The summed E-state index contributed by atoms with van der Waals surface area (Å²) >= 11 is 0. The van der Waals surface area contributed by atoms with Crippen LogP contribution in [0.4, 0.5) is 4.39 Å². The van der Waals surface area contributed by atoms with E-state index in [9.17, 15) is 9.18 Å². The Bertz CT molecular complexity index is 501.